The average molecular weight is 496 g/mol. The smallest absolute Gasteiger partial charge is 0.323 e. The second-order valence-corrected chi connectivity index (χ2v) is 7.27. The highest BCUT2D eigenvalue weighted by Crippen LogP contribution is 2.33. The third kappa shape index (κ3) is 3.95. The molecule has 0 aliphatic rings. The minimum absolute atomic E-state index is 0.104. The summed E-state index contributed by atoms with van der Waals surface area (Å²) in [5.74, 6) is -0.712. The Morgan fingerprint density at radius 3 is 2.74 bits per heavy atom. The number of aromatic nitrogens is 6. The minimum Gasteiger partial charge on any atom is -0.323 e. The molecule has 9 nitrogen and oxygen atoms in total. The number of amides is 1. The lowest BCUT2D eigenvalue weighted by Crippen LogP contribution is -2.28. The largest absolute Gasteiger partial charge is 0.416 e. The number of aryl methyl sites for hydroxylation is 1. The van der Waals surface area contributed by atoms with Crippen molar-refractivity contribution >= 4 is 38.6 Å². The van der Waals surface area contributed by atoms with E-state index < -0.39 is 29.8 Å². The van der Waals surface area contributed by atoms with Crippen molar-refractivity contribution in [1.29, 1.82) is 0 Å². The highest BCUT2D eigenvalue weighted by atomic mass is 79.9. The zero-order valence-corrected chi connectivity index (χ0v) is 17.3. The second-order valence-electron chi connectivity index (χ2n) is 6.52. The van der Waals surface area contributed by atoms with Crippen LogP contribution in [0.4, 0.5) is 18.9 Å². The summed E-state index contributed by atoms with van der Waals surface area (Å²) in [5.41, 5.74) is -0.988. The van der Waals surface area contributed by atoms with Crippen LogP contribution in [0.1, 0.15) is 5.56 Å². The number of carbonyl (C=O) groups excluding carboxylic acids is 1. The van der Waals surface area contributed by atoms with Gasteiger partial charge in [-0.3, -0.25) is 14.2 Å². The maximum absolute atomic E-state index is 13.2. The highest BCUT2D eigenvalue weighted by Gasteiger charge is 2.31. The summed E-state index contributed by atoms with van der Waals surface area (Å²) in [6.07, 6.45) is -0.435. The number of fused-ring (bicyclic) bond motifs is 1. The Morgan fingerprint density at radius 1 is 1.29 bits per heavy atom. The molecule has 3 heterocycles. The molecule has 0 aliphatic carbocycles. The van der Waals surface area contributed by atoms with E-state index in [0.717, 1.165) is 16.7 Å². The molecule has 0 bridgehead atoms. The first-order valence-corrected chi connectivity index (χ1v) is 9.53. The van der Waals surface area contributed by atoms with Gasteiger partial charge in [-0.2, -0.15) is 23.4 Å². The maximum Gasteiger partial charge on any atom is 0.416 e. The van der Waals surface area contributed by atoms with Crippen LogP contribution in [0.5, 0.6) is 0 Å². The predicted octanol–water partition coefficient (Wildman–Crippen LogP) is 2.74. The molecule has 13 heteroatoms. The maximum atomic E-state index is 13.2. The molecular formula is C18H13BrF3N7O2. The van der Waals surface area contributed by atoms with E-state index in [1.165, 1.54) is 34.2 Å². The number of rotatable bonds is 4. The van der Waals surface area contributed by atoms with Crippen molar-refractivity contribution in [3.63, 3.8) is 0 Å². The van der Waals surface area contributed by atoms with E-state index in [1.807, 2.05) is 0 Å². The molecule has 1 aromatic carbocycles. The van der Waals surface area contributed by atoms with Gasteiger partial charge in [-0.05, 0) is 40.2 Å². The molecule has 0 saturated carbocycles. The fourth-order valence-corrected chi connectivity index (χ4v) is 3.60. The fraction of sp³-hybridized carbons (Fsp3) is 0.167. The molecule has 0 fully saturated rings. The van der Waals surface area contributed by atoms with Crippen LogP contribution in [-0.2, 0) is 24.6 Å². The molecular weight excluding hydrogens is 483 g/mol. The first-order chi connectivity index (χ1) is 14.6. The number of carbonyl (C=O) groups is 1. The van der Waals surface area contributed by atoms with E-state index in [0.29, 0.717) is 5.65 Å². The third-order valence-electron chi connectivity index (χ3n) is 4.43. The Bertz CT molecular complexity index is 1340. The molecule has 0 atom stereocenters. The number of nitrogens with zero attached hydrogens (tertiary/aromatic N) is 6. The number of benzene rings is 1. The van der Waals surface area contributed by atoms with Crippen LogP contribution in [0, 0.1) is 0 Å². The Morgan fingerprint density at radius 2 is 2.06 bits per heavy atom. The van der Waals surface area contributed by atoms with Gasteiger partial charge in [0.25, 0.3) is 5.56 Å². The van der Waals surface area contributed by atoms with Gasteiger partial charge < -0.3 is 5.32 Å². The first kappa shape index (κ1) is 20.8. The van der Waals surface area contributed by atoms with Crippen LogP contribution < -0.4 is 10.9 Å². The molecule has 31 heavy (non-hydrogen) atoms. The van der Waals surface area contributed by atoms with Gasteiger partial charge in [-0.25, -0.2) is 14.3 Å². The molecule has 160 valence electrons. The number of hydrogen-bond donors (Lipinski definition) is 1. The molecule has 4 aromatic rings. The molecule has 4 rings (SSSR count). The van der Waals surface area contributed by atoms with Crippen molar-refractivity contribution in [2.75, 3.05) is 5.32 Å². The van der Waals surface area contributed by atoms with Crippen LogP contribution >= 0.6 is 15.9 Å². The monoisotopic (exact) mass is 495 g/mol. The number of hydrogen-bond acceptors (Lipinski definition) is 5. The molecule has 0 spiro atoms. The molecule has 1 amide bonds. The molecule has 0 unspecified atom stereocenters. The van der Waals surface area contributed by atoms with E-state index in [4.69, 9.17) is 0 Å². The summed E-state index contributed by atoms with van der Waals surface area (Å²) in [6.45, 7) is -0.460. The predicted molar refractivity (Wildman–Crippen MR) is 108 cm³/mol. The molecule has 1 N–H and O–H groups in total. The van der Waals surface area contributed by atoms with E-state index in [9.17, 15) is 22.8 Å². The van der Waals surface area contributed by atoms with Gasteiger partial charge in [-0.1, -0.05) is 0 Å². The van der Waals surface area contributed by atoms with Crippen LogP contribution in [0.25, 0.3) is 16.7 Å². The Balaban J connectivity index is 1.67. The summed E-state index contributed by atoms with van der Waals surface area (Å²) >= 11 is 3.18. The number of anilines is 1. The lowest BCUT2D eigenvalue weighted by Gasteiger charge is -2.15. The van der Waals surface area contributed by atoms with E-state index in [1.54, 1.807) is 13.1 Å². The van der Waals surface area contributed by atoms with Crippen molar-refractivity contribution in [2.45, 2.75) is 12.7 Å². The molecule has 3 aromatic heterocycles. The minimum atomic E-state index is -4.60. The first-order valence-electron chi connectivity index (χ1n) is 8.74. The van der Waals surface area contributed by atoms with Gasteiger partial charge in [0.2, 0.25) is 5.91 Å². The third-order valence-corrected chi connectivity index (χ3v) is 4.99. The van der Waals surface area contributed by atoms with Gasteiger partial charge in [-0.15, -0.1) is 0 Å². The van der Waals surface area contributed by atoms with Crippen LogP contribution in [0.15, 0.2) is 52.4 Å². The van der Waals surface area contributed by atoms with E-state index in [-0.39, 0.29) is 21.4 Å². The van der Waals surface area contributed by atoms with Gasteiger partial charge in [0.05, 0.1) is 16.9 Å². The van der Waals surface area contributed by atoms with E-state index in [2.05, 4.69) is 36.4 Å². The quantitative estimate of drug-likeness (QED) is 0.469. The van der Waals surface area contributed by atoms with E-state index >= 15 is 0 Å². The van der Waals surface area contributed by atoms with Crippen LogP contribution in [0.2, 0.25) is 0 Å². The van der Waals surface area contributed by atoms with Crippen molar-refractivity contribution in [1.82, 2.24) is 29.1 Å². The average Bonchev–Trinajstić information content (AvgIpc) is 3.32. The molecule has 0 radical (unpaired) electrons. The topological polar surface area (TPSA) is 99.6 Å². The Hall–Kier alpha value is -3.48. The van der Waals surface area contributed by atoms with Crippen LogP contribution in [-0.4, -0.2) is 35.0 Å². The number of halogens is 4. The Kier molecular flexibility index (Phi) is 5.13. The highest BCUT2D eigenvalue weighted by molar-refractivity contribution is 9.10. The summed E-state index contributed by atoms with van der Waals surface area (Å²) in [5, 5.41) is 10.7. The van der Waals surface area contributed by atoms with Gasteiger partial charge in [0, 0.05) is 19.4 Å². The van der Waals surface area contributed by atoms with Gasteiger partial charge in [0.1, 0.15) is 22.9 Å². The summed E-state index contributed by atoms with van der Waals surface area (Å²) < 4.78 is 43.5. The second kappa shape index (κ2) is 7.65. The SMILES string of the molecule is Cn1nc(Br)c2c(=O)n(CC(=O)Nc3cc(C(F)(F)F)ccc3-n3cccn3)cnc21. The Labute approximate surface area is 180 Å². The number of alkyl halides is 3. The zero-order chi connectivity index (χ0) is 22.3. The van der Waals surface area contributed by atoms with Crippen molar-refractivity contribution in [2.24, 2.45) is 7.05 Å². The van der Waals surface area contributed by atoms with Gasteiger partial charge in [0.15, 0.2) is 5.65 Å². The fourth-order valence-electron chi connectivity index (χ4n) is 3.02. The normalized spacial score (nSPS) is 11.8. The molecule has 0 aliphatic heterocycles. The summed E-state index contributed by atoms with van der Waals surface area (Å²) in [4.78, 5) is 29.4. The zero-order valence-electron chi connectivity index (χ0n) is 15.8. The summed E-state index contributed by atoms with van der Waals surface area (Å²) in [7, 11) is 1.61. The lowest BCUT2D eigenvalue weighted by molar-refractivity contribution is -0.137. The van der Waals surface area contributed by atoms with Crippen molar-refractivity contribution < 1.29 is 18.0 Å². The van der Waals surface area contributed by atoms with Crippen molar-refractivity contribution in [3.8, 4) is 5.69 Å². The van der Waals surface area contributed by atoms with Crippen molar-refractivity contribution in [3.05, 3.63) is 63.5 Å². The van der Waals surface area contributed by atoms with Gasteiger partial charge >= 0.3 is 6.18 Å². The van der Waals surface area contributed by atoms with Crippen LogP contribution in [0.3, 0.4) is 0 Å². The standard InChI is InChI=1S/C18H13BrF3N7O2/c1-27-16-14(15(19)26-27)17(31)28(9-23-16)8-13(30)25-11-7-10(18(20,21)22)3-4-12(11)29-6-2-5-24-29/h2-7,9H,8H2,1H3,(H,25,30). The lowest BCUT2D eigenvalue weighted by atomic mass is 10.1. The summed E-state index contributed by atoms with van der Waals surface area (Å²) in [6, 6.07) is 4.51. The number of nitrogens with one attached hydrogen (secondary N) is 1. The molecule has 0 saturated heterocycles.